The second kappa shape index (κ2) is 11.2. The van der Waals surface area contributed by atoms with E-state index >= 15 is 0 Å². The molecule has 0 aliphatic heterocycles. The van der Waals surface area contributed by atoms with Crippen molar-refractivity contribution in [3.8, 4) is 17.2 Å². The summed E-state index contributed by atoms with van der Waals surface area (Å²) in [5.74, 6) is -4.41. The molecule has 0 bridgehead atoms. The van der Waals surface area contributed by atoms with Crippen molar-refractivity contribution >= 4 is 58.3 Å². The molecule has 0 heterocycles. The number of alkyl halides is 3. The predicted octanol–water partition coefficient (Wildman–Crippen LogP) is 6.12. The van der Waals surface area contributed by atoms with Gasteiger partial charge in [0.1, 0.15) is 11.5 Å². The standard InChI is InChI=1S/C23H14Cl3F3N2O6/c24-15-3-1-10(5-14(15)23(27,28)29)9-30-20(33)13-8-12(2-4-18(13)32)37-19-16(25)6-11(7-17(19)26)31-21(34)22(35)36/h1-8,32H,9H2,(H,30,33)(H,31,34)(H,35,36). The lowest BCUT2D eigenvalue weighted by molar-refractivity contribution is -0.147. The predicted molar refractivity (Wildman–Crippen MR) is 129 cm³/mol. The van der Waals surface area contributed by atoms with Crippen LogP contribution in [-0.4, -0.2) is 28.0 Å². The number of amides is 2. The van der Waals surface area contributed by atoms with Crippen LogP contribution in [-0.2, 0) is 22.3 Å². The summed E-state index contributed by atoms with van der Waals surface area (Å²) in [4.78, 5) is 34.6. The van der Waals surface area contributed by atoms with Gasteiger partial charge in [0.05, 0.1) is 26.2 Å². The van der Waals surface area contributed by atoms with Crippen LogP contribution in [0.1, 0.15) is 21.5 Å². The van der Waals surface area contributed by atoms with E-state index in [0.29, 0.717) is 0 Å². The minimum atomic E-state index is -4.68. The molecule has 0 spiro atoms. The van der Waals surface area contributed by atoms with Gasteiger partial charge in [0.15, 0.2) is 5.75 Å². The number of aromatic hydroxyl groups is 1. The number of anilines is 1. The first kappa shape index (κ1) is 27.9. The molecule has 0 aromatic heterocycles. The minimum absolute atomic E-state index is 0.0000721. The number of aliphatic carboxylic acids is 1. The van der Waals surface area contributed by atoms with E-state index in [9.17, 15) is 32.7 Å². The van der Waals surface area contributed by atoms with Crippen LogP contribution < -0.4 is 15.4 Å². The molecule has 8 nitrogen and oxygen atoms in total. The van der Waals surface area contributed by atoms with Crippen LogP contribution in [0, 0.1) is 0 Å². The van der Waals surface area contributed by atoms with Crippen molar-refractivity contribution in [2.24, 2.45) is 0 Å². The zero-order valence-corrected chi connectivity index (χ0v) is 20.4. The summed E-state index contributed by atoms with van der Waals surface area (Å²) < 4.78 is 44.8. The highest BCUT2D eigenvalue weighted by molar-refractivity contribution is 6.39. The van der Waals surface area contributed by atoms with Gasteiger partial charge in [-0.05, 0) is 48.0 Å². The molecule has 3 aromatic carbocycles. The highest BCUT2D eigenvalue weighted by atomic mass is 35.5. The van der Waals surface area contributed by atoms with E-state index in [2.05, 4.69) is 10.6 Å². The monoisotopic (exact) mass is 576 g/mol. The quantitative estimate of drug-likeness (QED) is 0.262. The molecule has 0 radical (unpaired) electrons. The number of hydrogen-bond donors (Lipinski definition) is 4. The second-order valence-corrected chi connectivity index (χ2v) is 8.53. The van der Waals surface area contributed by atoms with E-state index in [0.717, 1.165) is 24.3 Å². The maximum absolute atomic E-state index is 13.1. The first-order chi connectivity index (χ1) is 17.3. The van der Waals surface area contributed by atoms with E-state index in [4.69, 9.17) is 44.6 Å². The molecule has 0 saturated heterocycles. The smallest absolute Gasteiger partial charge is 0.417 e. The molecule has 0 fully saturated rings. The summed E-state index contributed by atoms with van der Waals surface area (Å²) in [6, 6.07) is 9.09. The summed E-state index contributed by atoms with van der Waals surface area (Å²) in [6.07, 6.45) is -4.68. The van der Waals surface area contributed by atoms with Crippen LogP contribution in [0.15, 0.2) is 48.5 Å². The fourth-order valence-corrected chi connectivity index (χ4v) is 3.76. The SMILES string of the molecule is O=C(O)C(=O)Nc1cc(Cl)c(Oc2ccc(O)c(C(=O)NCc3ccc(Cl)c(C(F)(F)F)c3)c2)c(Cl)c1. The molecule has 37 heavy (non-hydrogen) atoms. The van der Waals surface area contributed by atoms with Gasteiger partial charge in [-0.2, -0.15) is 13.2 Å². The van der Waals surface area contributed by atoms with Crippen LogP contribution in [0.3, 0.4) is 0 Å². The van der Waals surface area contributed by atoms with Crippen molar-refractivity contribution in [1.29, 1.82) is 0 Å². The fraction of sp³-hybridized carbons (Fsp3) is 0.0870. The average molecular weight is 578 g/mol. The Morgan fingerprint density at radius 1 is 0.919 bits per heavy atom. The second-order valence-electron chi connectivity index (χ2n) is 7.30. The molecule has 0 saturated carbocycles. The zero-order chi connectivity index (χ0) is 27.5. The third-order valence-corrected chi connectivity index (χ3v) is 5.56. The Hall–Kier alpha value is -3.67. The number of carbonyl (C=O) groups excluding carboxylic acids is 2. The Bertz CT molecular complexity index is 1380. The van der Waals surface area contributed by atoms with Crippen molar-refractivity contribution in [2.75, 3.05) is 5.32 Å². The minimum Gasteiger partial charge on any atom is -0.507 e. The lowest BCUT2D eigenvalue weighted by Gasteiger charge is -2.14. The van der Waals surface area contributed by atoms with Gasteiger partial charge in [0.25, 0.3) is 5.91 Å². The van der Waals surface area contributed by atoms with Crippen LogP contribution in [0.5, 0.6) is 17.2 Å². The van der Waals surface area contributed by atoms with Crippen molar-refractivity contribution in [2.45, 2.75) is 12.7 Å². The van der Waals surface area contributed by atoms with E-state index in [1.54, 1.807) is 0 Å². The number of carboxylic acid groups (broad SMARTS) is 1. The number of phenols is 1. The molecule has 0 aliphatic carbocycles. The Balaban J connectivity index is 1.77. The first-order valence-corrected chi connectivity index (χ1v) is 11.1. The van der Waals surface area contributed by atoms with E-state index in [1.807, 2.05) is 0 Å². The van der Waals surface area contributed by atoms with Gasteiger partial charge < -0.3 is 25.6 Å². The van der Waals surface area contributed by atoms with Crippen molar-refractivity contribution < 1.29 is 42.5 Å². The number of benzene rings is 3. The van der Waals surface area contributed by atoms with Gasteiger partial charge >= 0.3 is 18.1 Å². The number of hydrogen-bond acceptors (Lipinski definition) is 5. The van der Waals surface area contributed by atoms with Gasteiger partial charge in [-0.15, -0.1) is 0 Å². The molecule has 3 aromatic rings. The Labute approximate surface area is 221 Å². The normalized spacial score (nSPS) is 11.1. The van der Waals surface area contributed by atoms with Gasteiger partial charge in [0.2, 0.25) is 0 Å². The molecule has 194 valence electrons. The van der Waals surface area contributed by atoms with Gasteiger partial charge in [-0.25, -0.2) is 4.79 Å². The summed E-state index contributed by atoms with van der Waals surface area (Å²) in [7, 11) is 0. The molecule has 3 rings (SSSR count). The lowest BCUT2D eigenvalue weighted by Crippen LogP contribution is -2.23. The number of ether oxygens (including phenoxy) is 1. The van der Waals surface area contributed by atoms with Crippen LogP contribution in [0.25, 0.3) is 0 Å². The molecular formula is C23H14Cl3F3N2O6. The van der Waals surface area contributed by atoms with Gasteiger partial charge in [-0.3, -0.25) is 9.59 Å². The molecule has 0 atom stereocenters. The highest BCUT2D eigenvalue weighted by Crippen LogP contribution is 2.40. The average Bonchev–Trinajstić information content (AvgIpc) is 2.80. The molecule has 0 aliphatic rings. The first-order valence-electron chi connectivity index (χ1n) is 9.94. The van der Waals surface area contributed by atoms with Crippen molar-refractivity contribution in [1.82, 2.24) is 5.32 Å². The summed E-state index contributed by atoms with van der Waals surface area (Å²) in [5, 5.41) is 22.5. The lowest BCUT2D eigenvalue weighted by atomic mass is 10.1. The molecule has 4 N–H and O–H groups in total. The summed E-state index contributed by atoms with van der Waals surface area (Å²) in [6.45, 7) is -0.301. The summed E-state index contributed by atoms with van der Waals surface area (Å²) >= 11 is 17.9. The number of phenolic OH excluding ortho intramolecular Hbond substituents is 1. The maximum atomic E-state index is 13.1. The zero-order valence-electron chi connectivity index (χ0n) is 18.1. The third kappa shape index (κ3) is 6.97. The number of carbonyl (C=O) groups is 3. The summed E-state index contributed by atoms with van der Waals surface area (Å²) in [5.41, 5.74) is -1.22. The molecular weight excluding hydrogens is 564 g/mol. The van der Waals surface area contributed by atoms with Crippen LogP contribution in [0.4, 0.5) is 18.9 Å². The molecule has 0 unspecified atom stereocenters. The number of rotatable bonds is 6. The van der Waals surface area contributed by atoms with E-state index < -0.39 is 40.3 Å². The third-order valence-electron chi connectivity index (χ3n) is 4.67. The maximum Gasteiger partial charge on any atom is 0.417 e. The number of carboxylic acids is 1. The molecule has 14 heteroatoms. The van der Waals surface area contributed by atoms with Crippen LogP contribution >= 0.6 is 34.8 Å². The van der Waals surface area contributed by atoms with E-state index in [1.165, 1.54) is 24.3 Å². The Kier molecular flexibility index (Phi) is 8.42. The largest absolute Gasteiger partial charge is 0.507 e. The highest BCUT2D eigenvalue weighted by Gasteiger charge is 2.33. The van der Waals surface area contributed by atoms with E-state index in [-0.39, 0.29) is 44.9 Å². The topological polar surface area (TPSA) is 125 Å². The van der Waals surface area contributed by atoms with Crippen LogP contribution in [0.2, 0.25) is 15.1 Å². The Morgan fingerprint density at radius 2 is 1.57 bits per heavy atom. The number of nitrogens with one attached hydrogen (secondary N) is 2. The van der Waals surface area contributed by atoms with Crippen molar-refractivity contribution in [3.05, 3.63) is 80.3 Å². The van der Waals surface area contributed by atoms with Gasteiger partial charge in [0, 0.05) is 12.2 Å². The fourth-order valence-electron chi connectivity index (χ4n) is 2.97. The number of halogens is 6. The van der Waals surface area contributed by atoms with Gasteiger partial charge in [-0.1, -0.05) is 40.9 Å². The molecule has 2 amide bonds. The Morgan fingerprint density at radius 3 is 2.16 bits per heavy atom. The van der Waals surface area contributed by atoms with Crippen molar-refractivity contribution in [3.63, 3.8) is 0 Å².